The topological polar surface area (TPSA) is 35.5 Å². The first-order valence-electron chi connectivity index (χ1n) is 4.96. The predicted octanol–water partition coefficient (Wildman–Crippen LogP) is 2.62. The molecule has 14 heavy (non-hydrogen) atoms. The highest BCUT2D eigenvalue weighted by Crippen LogP contribution is 2.35. The summed E-state index contributed by atoms with van der Waals surface area (Å²) in [6, 6.07) is 0. The molecule has 0 heterocycles. The van der Waals surface area contributed by atoms with Crippen molar-refractivity contribution in [3.05, 3.63) is 11.6 Å². The lowest BCUT2D eigenvalue weighted by Gasteiger charge is -2.15. The van der Waals surface area contributed by atoms with E-state index in [1.807, 2.05) is 27.7 Å². The fourth-order valence-electron chi connectivity index (χ4n) is 1.03. The Labute approximate surface area is 85.0 Å². The molecular formula is C11H18O3. The van der Waals surface area contributed by atoms with Crippen molar-refractivity contribution in [2.75, 3.05) is 0 Å². The van der Waals surface area contributed by atoms with Gasteiger partial charge in [-0.25, -0.2) is 4.79 Å². The van der Waals surface area contributed by atoms with Crippen molar-refractivity contribution in [3.63, 3.8) is 0 Å². The summed E-state index contributed by atoms with van der Waals surface area (Å²) in [5.41, 5.74) is 0.643. The molecule has 0 amide bonds. The Morgan fingerprint density at radius 2 is 1.93 bits per heavy atom. The van der Waals surface area contributed by atoms with Crippen LogP contribution in [0.15, 0.2) is 11.6 Å². The fraction of sp³-hybridized carbons (Fsp3) is 0.727. The average Bonchev–Trinajstić information content (AvgIpc) is 2.81. The van der Waals surface area contributed by atoms with E-state index < -0.39 is 11.6 Å². The number of hydrogen-bond acceptors (Lipinski definition) is 3. The summed E-state index contributed by atoms with van der Waals surface area (Å²) >= 11 is 0. The molecule has 0 unspecified atom stereocenters. The highest BCUT2D eigenvalue weighted by molar-refractivity contribution is 5.82. The molecule has 1 saturated carbocycles. The minimum Gasteiger partial charge on any atom is -0.293 e. The zero-order valence-corrected chi connectivity index (χ0v) is 9.29. The Balaban J connectivity index is 2.31. The van der Waals surface area contributed by atoms with Crippen LogP contribution >= 0.6 is 0 Å². The summed E-state index contributed by atoms with van der Waals surface area (Å²) in [6.45, 7) is 7.45. The van der Waals surface area contributed by atoms with E-state index in [1.54, 1.807) is 0 Å². The summed E-state index contributed by atoms with van der Waals surface area (Å²) in [5, 5.41) is 0. The van der Waals surface area contributed by atoms with E-state index in [0.717, 1.165) is 5.57 Å². The maximum absolute atomic E-state index is 11.2. The second-order valence-corrected chi connectivity index (χ2v) is 4.76. The van der Waals surface area contributed by atoms with Gasteiger partial charge in [-0.1, -0.05) is 5.57 Å². The molecule has 0 bridgehead atoms. The number of hydrogen-bond donors (Lipinski definition) is 0. The van der Waals surface area contributed by atoms with Crippen molar-refractivity contribution < 1.29 is 14.6 Å². The van der Waals surface area contributed by atoms with Crippen LogP contribution in [-0.4, -0.2) is 11.6 Å². The molecule has 0 saturated heterocycles. The van der Waals surface area contributed by atoms with Gasteiger partial charge in [0.25, 0.3) is 0 Å². The van der Waals surface area contributed by atoms with E-state index in [1.165, 1.54) is 18.9 Å². The molecule has 0 aliphatic heterocycles. The molecule has 1 aliphatic carbocycles. The minimum absolute atomic E-state index is 0.413. The van der Waals surface area contributed by atoms with Crippen LogP contribution in [0.1, 0.15) is 40.5 Å². The summed E-state index contributed by atoms with van der Waals surface area (Å²) in [6.07, 6.45) is 3.90. The molecule has 1 fully saturated rings. The van der Waals surface area contributed by atoms with Crippen molar-refractivity contribution in [1.82, 2.24) is 0 Å². The maximum Gasteiger partial charge on any atom is 0.365 e. The lowest BCUT2D eigenvalue weighted by molar-refractivity contribution is -0.316. The minimum atomic E-state index is -0.447. The summed E-state index contributed by atoms with van der Waals surface area (Å²) in [7, 11) is 0. The lowest BCUT2D eigenvalue weighted by Crippen LogP contribution is -2.21. The molecule has 80 valence electrons. The SMILES string of the molecule is C/C(=C/C(=O)OOC(C)(C)C)C1CC1. The van der Waals surface area contributed by atoms with E-state index in [9.17, 15) is 4.79 Å². The van der Waals surface area contributed by atoms with Crippen LogP contribution in [0.2, 0.25) is 0 Å². The zero-order valence-electron chi connectivity index (χ0n) is 9.29. The molecule has 1 rings (SSSR count). The third-order valence-electron chi connectivity index (χ3n) is 1.94. The third kappa shape index (κ3) is 4.42. The van der Waals surface area contributed by atoms with Crippen LogP contribution in [0.3, 0.4) is 0 Å². The van der Waals surface area contributed by atoms with Crippen molar-refractivity contribution in [3.8, 4) is 0 Å². The summed E-state index contributed by atoms with van der Waals surface area (Å²) < 4.78 is 0. The van der Waals surface area contributed by atoms with Gasteiger partial charge >= 0.3 is 5.97 Å². The van der Waals surface area contributed by atoms with Gasteiger partial charge in [0, 0.05) is 6.08 Å². The number of allylic oxidation sites excluding steroid dienone is 1. The van der Waals surface area contributed by atoms with E-state index in [-0.39, 0.29) is 0 Å². The van der Waals surface area contributed by atoms with Gasteiger partial charge in [0.2, 0.25) is 0 Å². The van der Waals surface area contributed by atoms with Crippen LogP contribution in [0.4, 0.5) is 0 Å². The molecule has 0 radical (unpaired) electrons. The normalized spacial score (nSPS) is 18.1. The Morgan fingerprint density at radius 1 is 1.36 bits per heavy atom. The van der Waals surface area contributed by atoms with Gasteiger partial charge in [0.05, 0.1) is 0 Å². The molecule has 3 nitrogen and oxygen atoms in total. The summed E-state index contributed by atoms with van der Waals surface area (Å²) in [5.74, 6) is 0.182. The van der Waals surface area contributed by atoms with Gasteiger partial charge in [0.15, 0.2) is 0 Å². The van der Waals surface area contributed by atoms with Gasteiger partial charge in [0.1, 0.15) is 5.60 Å². The van der Waals surface area contributed by atoms with Crippen molar-refractivity contribution >= 4 is 5.97 Å². The second kappa shape index (κ2) is 4.13. The monoisotopic (exact) mass is 198 g/mol. The molecule has 0 atom stereocenters. The van der Waals surface area contributed by atoms with Gasteiger partial charge in [-0.15, -0.1) is 0 Å². The molecular weight excluding hydrogens is 180 g/mol. The lowest BCUT2D eigenvalue weighted by atomic mass is 10.2. The molecule has 0 aromatic rings. The van der Waals surface area contributed by atoms with Crippen LogP contribution in [-0.2, 0) is 14.6 Å². The Morgan fingerprint density at radius 3 is 2.36 bits per heavy atom. The van der Waals surface area contributed by atoms with Gasteiger partial charge in [-0.2, -0.15) is 4.89 Å². The van der Waals surface area contributed by atoms with Crippen molar-refractivity contribution in [2.45, 2.75) is 46.1 Å². The molecule has 0 aromatic carbocycles. The Kier molecular flexibility index (Phi) is 3.32. The van der Waals surface area contributed by atoms with Crippen molar-refractivity contribution in [1.29, 1.82) is 0 Å². The van der Waals surface area contributed by atoms with Crippen LogP contribution in [0.5, 0.6) is 0 Å². The number of carbonyl (C=O) groups is 1. The predicted molar refractivity (Wildman–Crippen MR) is 53.4 cm³/mol. The highest BCUT2D eigenvalue weighted by atomic mass is 17.2. The van der Waals surface area contributed by atoms with Crippen LogP contribution in [0, 0.1) is 5.92 Å². The zero-order chi connectivity index (χ0) is 10.8. The molecule has 1 aliphatic rings. The van der Waals surface area contributed by atoms with Gasteiger partial charge in [-0.3, -0.25) is 4.89 Å². The Bertz CT molecular complexity index is 244. The maximum atomic E-state index is 11.2. The van der Waals surface area contributed by atoms with Crippen molar-refractivity contribution in [2.24, 2.45) is 5.92 Å². The average molecular weight is 198 g/mol. The molecule has 0 N–H and O–H groups in total. The smallest absolute Gasteiger partial charge is 0.293 e. The number of carbonyl (C=O) groups excluding carboxylic acids is 1. The van der Waals surface area contributed by atoms with E-state index in [4.69, 9.17) is 4.89 Å². The standard InChI is InChI=1S/C11H18O3/c1-8(9-5-6-9)7-10(12)13-14-11(2,3)4/h7,9H,5-6H2,1-4H3/b8-7-. The van der Waals surface area contributed by atoms with E-state index in [0.29, 0.717) is 5.92 Å². The number of rotatable bonds is 3. The second-order valence-electron chi connectivity index (χ2n) is 4.76. The van der Waals surface area contributed by atoms with Gasteiger partial charge in [-0.05, 0) is 46.5 Å². The molecule has 3 heteroatoms. The van der Waals surface area contributed by atoms with Crippen LogP contribution in [0.25, 0.3) is 0 Å². The fourth-order valence-corrected chi connectivity index (χ4v) is 1.03. The van der Waals surface area contributed by atoms with Gasteiger partial charge < -0.3 is 0 Å². The highest BCUT2D eigenvalue weighted by Gasteiger charge is 2.24. The Hall–Kier alpha value is -0.830. The van der Waals surface area contributed by atoms with E-state index >= 15 is 0 Å². The largest absolute Gasteiger partial charge is 0.365 e. The molecule has 0 spiro atoms. The first kappa shape index (κ1) is 11.2. The first-order valence-corrected chi connectivity index (χ1v) is 4.96. The third-order valence-corrected chi connectivity index (χ3v) is 1.94. The van der Waals surface area contributed by atoms with Crippen LogP contribution < -0.4 is 0 Å². The molecule has 0 aromatic heterocycles. The quantitative estimate of drug-likeness (QED) is 0.397. The first-order chi connectivity index (χ1) is 6.38. The van der Waals surface area contributed by atoms with E-state index in [2.05, 4.69) is 4.89 Å². The summed E-state index contributed by atoms with van der Waals surface area (Å²) in [4.78, 5) is 20.7.